The van der Waals surface area contributed by atoms with Gasteiger partial charge in [-0.3, -0.25) is 4.72 Å². The van der Waals surface area contributed by atoms with Crippen LogP contribution in [0.5, 0.6) is 11.6 Å². The quantitative estimate of drug-likeness (QED) is 0.302. The van der Waals surface area contributed by atoms with Gasteiger partial charge in [0, 0.05) is 30.8 Å². The van der Waals surface area contributed by atoms with Gasteiger partial charge in [0.05, 0.1) is 28.2 Å². The van der Waals surface area contributed by atoms with E-state index in [1.54, 1.807) is 33.8 Å². The van der Waals surface area contributed by atoms with Crippen LogP contribution in [0.1, 0.15) is 51.6 Å². The van der Waals surface area contributed by atoms with Gasteiger partial charge in [0.25, 0.3) is 0 Å². The van der Waals surface area contributed by atoms with Crippen LogP contribution in [0, 0.1) is 19.7 Å². The zero-order valence-electron chi connectivity index (χ0n) is 25.1. The molecule has 0 unspecified atom stereocenters. The summed E-state index contributed by atoms with van der Waals surface area (Å²) in [5, 5.41) is 3.05. The molecule has 1 aliphatic rings. The van der Waals surface area contributed by atoms with Crippen molar-refractivity contribution in [3.8, 4) is 22.2 Å². The number of ether oxygens (including phenoxy) is 2. The molecule has 234 valence electrons. The number of halogens is 2. The Labute approximate surface area is 254 Å². The number of nitrogens with one attached hydrogen (secondary N) is 2. The predicted octanol–water partition coefficient (Wildman–Crippen LogP) is 6.06. The van der Waals surface area contributed by atoms with E-state index in [0.29, 0.717) is 15.6 Å². The van der Waals surface area contributed by atoms with Crippen molar-refractivity contribution in [2.45, 2.75) is 78.0 Å². The number of thiazole rings is 1. The highest BCUT2D eigenvalue weighted by atomic mass is 32.2. The van der Waals surface area contributed by atoms with Gasteiger partial charge in [-0.25, -0.2) is 36.9 Å². The summed E-state index contributed by atoms with van der Waals surface area (Å²) in [6.45, 7) is 11.7. The molecule has 1 aromatic carbocycles. The van der Waals surface area contributed by atoms with E-state index in [0.717, 1.165) is 0 Å². The zero-order valence-corrected chi connectivity index (χ0v) is 26.7. The van der Waals surface area contributed by atoms with E-state index in [-0.39, 0.29) is 48.3 Å². The predicted molar refractivity (Wildman–Crippen MR) is 161 cm³/mol. The first-order chi connectivity index (χ1) is 20.0. The standard InChI is InChI=1S/C28H36F2N6O5S2/c1-15(2)43(38,39)35-20-8-9-22(16(3)23(20)30)40-25-24(42-17(4)32-25)21-10-11-31-26(34-21)33-19-12-18(29)13-36(14-19)27(37)41-28(5,6)7/h8-11,15,18-19,35H,12-14H2,1-7H3,(H,31,33,34)/t18-,19-/m0/s1. The molecule has 0 bridgehead atoms. The molecule has 3 aromatic rings. The molecule has 0 saturated carbocycles. The number of rotatable bonds is 8. The highest BCUT2D eigenvalue weighted by molar-refractivity contribution is 7.93. The van der Waals surface area contributed by atoms with Gasteiger partial charge < -0.3 is 19.7 Å². The molecule has 1 fully saturated rings. The summed E-state index contributed by atoms with van der Waals surface area (Å²) >= 11 is 1.31. The van der Waals surface area contributed by atoms with Crippen molar-refractivity contribution in [3.05, 3.63) is 40.8 Å². The number of amides is 1. The van der Waals surface area contributed by atoms with Crippen LogP contribution in [0.25, 0.3) is 10.6 Å². The van der Waals surface area contributed by atoms with Gasteiger partial charge in [-0.15, -0.1) is 11.3 Å². The van der Waals surface area contributed by atoms with Gasteiger partial charge in [-0.05, 0) is 66.7 Å². The Morgan fingerprint density at radius 3 is 2.56 bits per heavy atom. The summed E-state index contributed by atoms with van der Waals surface area (Å²) in [6, 6.07) is 3.97. The molecule has 0 spiro atoms. The molecule has 2 atom stereocenters. The van der Waals surface area contributed by atoms with Crippen LogP contribution < -0.4 is 14.8 Å². The molecule has 43 heavy (non-hydrogen) atoms. The Bertz CT molecular complexity index is 1590. The lowest BCUT2D eigenvalue weighted by molar-refractivity contribution is 0.0124. The number of anilines is 2. The van der Waals surface area contributed by atoms with Crippen molar-refractivity contribution < 1.29 is 31.5 Å². The van der Waals surface area contributed by atoms with Crippen LogP contribution in [-0.2, 0) is 14.8 Å². The van der Waals surface area contributed by atoms with Gasteiger partial charge in [0.2, 0.25) is 21.9 Å². The number of hydrogen-bond acceptors (Lipinski definition) is 10. The number of alkyl halides is 1. The van der Waals surface area contributed by atoms with Crippen LogP contribution in [0.4, 0.5) is 25.2 Å². The molecular formula is C28H36F2N6O5S2. The number of hydrogen-bond donors (Lipinski definition) is 2. The molecule has 0 aliphatic carbocycles. The van der Waals surface area contributed by atoms with Gasteiger partial charge in [-0.1, -0.05) is 0 Å². The van der Waals surface area contributed by atoms with E-state index in [4.69, 9.17) is 9.47 Å². The van der Waals surface area contributed by atoms with E-state index in [2.05, 4.69) is 25.0 Å². The maximum Gasteiger partial charge on any atom is 0.410 e. The smallest absolute Gasteiger partial charge is 0.410 e. The van der Waals surface area contributed by atoms with E-state index < -0.39 is 45.0 Å². The largest absolute Gasteiger partial charge is 0.444 e. The molecule has 2 aromatic heterocycles. The normalized spacial score (nSPS) is 17.6. The summed E-state index contributed by atoms with van der Waals surface area (Å²) in [6.07, 6.45) is -0.141. The Balaban J connectivity index is 1.53. The second-order valence-corrected chi connectivity index (χ2v) is 15.0. The summed E-state index contributed by atoms with van der Waals surface area (Å²) in [5.41, 5.74) is -0.319. The first kappa shape index (κ1) is 32.3. The molecule has 3 heterocycles. The molecule has 1 aliphatic heterocycles. The Kier molecular flexibility index (Phi) is 9.45. The van der Waals surface area contributed by atoms with E-state index in [1.807, 2.05) is 0 Å². The van der Waals surface area contributed by atoms with Gasteiger partial charge in [0.15, 0.2) is 5.82 Å². The third kappa shape index (κ3) is 8.07. The third-order valence-corrected chi connectivity index (χ3v) is 9.11. The van der Waals surface area contributed by atoms with Crippen molar-refractivity contribution in [3.63, 3.8) is 0 Å². The fourth-order valence-corrected chi connectivity index (χ4v) is 5.74. The summed E-state index contributed by atoms with van der Waals surface area (Å²) in [4.78, 5) is 27.7. The van der Waals surface area contributed by atoms with Crippen molar-refractivity contribution in [2.24, 2.45) is 0 Å². The van der Waals surface area contributed by atoms with Crippen molar-refractivity contribution >= 4 is 39.1 Å². The lowest BCUT2D eigenvalue weighted by Crippen LogP contribution is -2.51. The Hall–Kier alpha value is -3.59. The van der Waals surface area contributed by atoms with E-state index in [9.17, 15) is 17.6 Å². The molecular weight excluding hydrogens is 602 g/mol. The summed E-state index contributed by atoms with van der Waals surface area (Å²) in [7, 11) is -3.74. The SMILES string of the molecule is Cc1nc(Oc2ccc(NS(=O)(=O)C(C)C)c(F)c2C)c(-c2ccnc(N[C@H]3C[C@H](F)CN(C(=O)OC(C)(C)C)C3)n2)s1. The van der Waals surface area contributed by atoms with Crippen LogP contribution in [0.3, 0.4) is 0 Å². The Morgan fingerprint density at radius 1 is 1.16 bits per heavy atom. The number of likely N-dealkylation sites (tertiary alicyclic amines) is 1. The van der Waals surface area contributed by atoms with Crippen LogP contribution >= 0.6 is 11.3 Å². The molecule has 11 nitrogen and oxygen atoms in total. The number of piperidine rings is 1. The Morgan fingerprint density at radius 2 is 1.88 bits per heavy atom. The first-order valence-corrected chi connectivity index (χ1v) is 16.1. The van der Waals surface area contributed by atoms with Gasteiger partial charge in [-0.2, -0.15) is 0 Å². The van der Waals surface area contributed by atoms with Crippen LogP contribution in [0.2, 0.25) is 0 Å². The monoisotopic (exact) mass is 638 g/mol. The van der Waals surface area contributed by atoms with Crippen molar-refractivity contribution in [1.29, 1.82) is 0 Å². The van der Waals surface area contributed by atoms with Crippen molar-refractivity contribution in [2.75, 3.05) is 23.1 Å². The highest BCUT2D eigenvalue weighted by Crippen LogP contribution is 2.39. The molecule has 15 heteroatoms. The fourth-order valence-electron chi connectivity index (χ4n) is 4.23. The van der Waals surface area contributed by atoms with E-state index in [1.165, 1.54) is 55.3 Å². The second kappa shape index (κ2) is 12.6. The molecule has 2 N–H and O–H groups in total. The minimum absolute atomic E-state index is 0.0561. The number of aromatic nitrogens is 3. The van der Waals surface area contributed by atoms with Crippen molar-refractivity contribution in [1.82, 2.24) is 19.9 Å². The zero-order chi connectivity index (χ0) is 31.7. The fraction of sp³-hybridized carbons (Fsp3) is 0.500. The number of sulfonamides is 1. The summed E-state index contributed by atoms with van der Waals surface area (Å²) in [5.74, 6) is -0.199. The van der Waals surface area contributed by atoms with Gasteiger partial charge >= 0.3 is 6.09 Å². The lowest BCUT2D eigenvalue weighted by atomic mass is 10.0. The average Bonchev–Trinajstić information content (AvgIpc) is 3.27. The third-order valence-electron chi connectivity index (χ3n) is 6.39. The second-order valence-electron chi connectivity index (χ2n) is 11.5. The molecule has 1 amide bonds. The number of benzene rings is 1. The van der Waals surface area contributed by atoms with Crippen LogP contribution in [-0.4, -0.2) is 70.5 Å². The first-order valence-electron chi connectivity index (χ1n) is 13.7. The molecule has 1 saturated heterocycles. The topological polar surface area (TPSA) is 136 Å². The van der Waals surface area contributed by atoms with E-state index >= 15 is 4.39 Å². The minimum Gasteiger partial charge on any atom is -0.444 e. The number of carbonyl (C=O) groups excluding carboxylic acids is 1. The molecule has 4 rings (SSSR count). The average molecular weight is 639 g/mol. The maximum absolute atomic E-state index is 15.1. The number of nitrogens with zero attached hydrogens (tertiary/aromatic N) is 4. The summed E-state index contributed by atoms with van der Waals surface area (Å²) < 4.78 is 67.9. The molecule has 0 radical (unpaired) electrons. The minimum atomic E-state index is -3.74. The van der Waals surface area contributed by atoms with Gasteiger partial charge in [0.1, 0.15) is 22.4 Å². The number of carbonyl (C=O) groups is 1. The van der Waals surface area contributed by atoms with Crippen LogP contribution in [0.15, 0.2) is 24.4 Å². The maximum atomic E-state index is 15.1. The highest BCUT2D eigenvalue weighted by Gasteiger charge is 2.33. The lowest BCUT2D eigenvalue weighted by Gasteiger charge is -2.36. The number of aryl methyl sites for hydroxylation is 1.